The number of carbonyl (C=O) groups is 1. The van der Waals surface area contributed by atoms with Gasteiger partial charge >= 0.3 is 6.09 Å². The fourth-order valence-electron chi connectivity index (χ4n) is 2.17. The lowest BCUT2D eigenvalue weighted by Crippen LogP contribution is -2.50. The van der Waals surface area contributed by atoms with Crippen LogP contribution in [-0.4, -0.2) is 57.0 Å². The zero-order chi connectivity index (χ0) is 15.6. The molecule has 0 saturated carbocycles. The van der Waals surface area contributed by atoms with Gasteiger partial charge in [-0.15, -0.1) is 0 Å². The number of halogens is 1. The van der Waals surface area contributed by atoms with Gasteiger partial charge in [-0.3, -0.25) is 0 Å². The predicted molar refractivity (Wildman–Crippen MR) is 73.5 cm³/mol. The standard InChI is InChI=1S/C12H16FN3O4S/c1-20-12(17)15-5-7-16(8-6-15)21(18,19)11-9(13)3-2-4-10(11)14/h2-4H,5-8,14H2,1H3. The van der Waals surface area contributed by atoms with Gasteiger partial charge in [0, 0.05) is 26.2 Å². The molecule has 1 heterocycles. The lowest BCUT2D eigenvalue weighted by atomic mass is 10.3. The van der Waals surface area contributed by atoms with Crippen LogP contribution in [0.2, 0.25) is 0 Å². The number of anilines is 1. The minimum atomic E-state index is -4.02. The van der Waals surface area contributed by atoms with Crippen LogP contribution >= 0.6 is 0 Å². The van der Waals surface area contributed by atoms with Gasteiger partial charge in [-0.25, -0.2) is 17.6 Å². The lowest BCUT2D eigenvalue weighted by Gasteiger charge is -2.33. The molecule has 0 radical (unpaired) electrons. The Labute approximate surface area is 122 Å². The fraction of sp³-hybridized carbons (Fsp3) is 0.417. The van der Waals surface area contributed by atoms with Crippen molar-refractivity contribution in [1.29, 1.82) is 0 Å². The number of nitrogen functional groups attached to an aromatic ring is 1. The molecule has 116 valence electrons. The average molecular weight is 317 g/mol. The molecule has 1 aromatic rings. The second-order valence-electron chi connectivity index (χ2n) is 4.52. The maximum atomic E-state index is 13.8. The van der Waals surface area contributed by atoms with Crippen molar-refractivity contribution in [3.63, 3.8) is 0 Å². The van der Waals surface area contributed by atoms with Crippen molar-refractivity contribution >= 4 is 21.8 Å². The molecule has 2 rings (SSSR count). The Bertz CT molecular complexity index is 622. The smallest absolute Gasteiger partial charge is 0.409 e. The number of nitrogens with zero attached hydrogens (tertiary/aromatic N) is 2. The third-order valence-corrected chi connectivity index (χ3v) is 5.26. The molecule has 1 aliphatic rings. The van der Waals surface area contributed by atoms with E-state index >= 15 is 0 Å². The molecule has 7 nitrogen and oxygen atoms in total. The molecule has 9 heteroatoms. The summed E-state index contributed by atoms with van der Waals surface area (Å²) in [6.45, 7) is 0.483. The van der Waals surface area contributed by atoms with E-state index in [1.165, 1.54) is 24.1 Å². The number of amides is 1. The van der Waals surface area contributed by atoms with E-state index in [0.717, 1.165) is 10.4 Å². The number of hydrogen-bond acceptors (Lipinski definition) is 5. The lowest BCUT2D eigenvalue weighted by molar-refractivity contribution is 0.108. The van der Waals surface area contributed by atoms with Crippen LogP contribution in [0.3, 0.4) is 0 Å². The van der Waals surface area contributed by atoms with Crippen LogP contribution in [0.25, 0.3) is 0 Å². The van der Waals surface area contributed by atoms with Gasteiger partial charge in [-0.2, -0.15) is 4.31 Å². The van der Waals surface area contributed by atoms with Gasteiger partial charge in [0.05, 0.1) is 12.8 Å². The highest BCUT2D eigenvalue weighted by atomic mass is 32.2. The van der Waals surface area contributed by atoms with Gasteiger partial charge in [0.2, 0.25) is 10.0 Å². The molecule has 1 amide bonds. The summed E-state index contributed by atoms with van der Waals surface area (Å²) in [6, 6.07) is 3.73. The van der Waals surface area contributed by atoms with Crippen LogP contribution in [0.1, 0.15) is 0 Å². The average Bonchev–Trinajstić information content (AvgIpc) is 2.46. The van der Waals surface area contributed by atoms with E-state index in [9.17, 15) is 17.6 Å². The van der Waals surface area contributed by atoms with Crippen molar-refractivity contribution in [3.8, 4) is 0 Å². The molecule has 2 N–H and O–H groups in total. The number of carbonyl (C=O) groups excluding carboxylic acids is 1. The molecule has 0 atom stereocenters. The van der Waals surface area contributed by atoms with Crippen LogP contribution in [0.5, 0.6) is 0 Å². The Morgan fingerprint density at radius 2 is 1.90 bits per heavy atom. The van der Waals surface area contributed by atoms with E-state index in [1.807, 2.05) is 0 Å². The van der Waals surface area contributed by atoms with Gasteiger partial charge in [-0.1, -0.05) is 6.07 Å². The van der Waals surface area contributed by atoms with Crippen molar-refractivity contribution < 1.29 is 22.3 Å². The van der Waals surface area contributed by atoms with E-state index < -0.39 is 26.8 Å². The third kappa shape index (κ3) is 2.93. The minimum absolute atomic E-state index is 0.0607. The monoisotopic (exact) mass is 317 g/mol. The van der Waals surface area contributed by atoms with Crippen LogP contribution in [-0.2, 0) is 14.8 Å². The van der Waals surface area contributed by atoms with E-state index in [-0.39, 0.29) is 31.9 Å². The molecule has 0 bridgehead atoms. The highest BCUT2D eigenvalue weighted by molar-refractivity contribution is 7.89. The van der Waals surface area contributed by atoms with Crippen molar-refractivity contribution in [2.75, 3.05) is 39.0 Å². The van der Waals surface area contributed by atoms with E-state index in [2.05, 4.69) is 4.74 Å². The topological polar surface area (TPSA) is 92.9 Å². The first-order valence-corrected chi connectivity index (χ1v) is 7.69. The molecule has 21 heavy (non-hydrogen) atoms. The molecule has 0 spiro atoms. The molecule has 0 aromatic heterocycles. The Kier molecular flexibility index (Phi) is 4.33. The minimum Gasteiger partial charge on any atom is -0.453 e. The largest absolute Gasteiger partial charge is 0.453 e. The van der Waals surface area contributed by atoms with Crippen LogP contribution < -0.4 is 5.73 Å². The summed E-state index contributed by atoms with van der Waals surface area (Å²) in [7, 11) is -2.77. The molecular weight excluding hydrogens is 301 g/mol. The molecule has 1 aliphatic heterocycles. The number of methoxy groups -OCH3 is 1. The summed E-state index contributed by atoms with van der Waals surface area (Å²) >= 11 is 0. The van der Waals surface area contributed by atoms with E-state index in [1.54, 1.807) is 0 Å². The summed E-state index contributed by atoms with van der Waals surface area (Å²) in [4.78, 5) is 12.2. The van der Waals surface area contributed by atoms with Gasteiger partial charge in [-0.05, 0) is 12.1 Å². The van der Waals surface area contributed by atoms with Gasteiger partial charge in [0.1, 0.15) is 10.7 Å². The Morgan fingerprint density at radius 3 is 2.43 bits per heavy atom. The SMILES string of the molecule is COC(=O)N1CCN(S(=O)(=O)c2c(N)cccc2F)CC1. The summed E-state index contributed by atoms with van der Waals surface area (Å²) in [5, 5.41) is 0. The molecule has 0 unspecified atom stereocenters. The number of rotatable bonds is 2. The van der Waals surface area contributed by atoms with Crippen molar-refractivity contribution in [2.24, 2.45) is 0 Å². The summed E-state index contributed by atoms with van der Waals surface area (Å²) in [5.41, 5.74) is 5.45. The summed E-state index contributed by atoms with van der Waals surface area (Å²) in [5.74, 6) is -0.884. The normalized spacial score (nSPS) is 16.8. The molecule has 1 saturated heterocycles. The number of sulfonamides is 1. The van der Waals surface area contributed by atoms with E-state index in [0.29, 0.717) is 0 Å². The fourth-order valence-corrected chi connectivity index (χ4v) is 3.75. The van der Waals surface area contributed by atoms with Crippen LogP contribution in [0.4, 0.5) is 14.9 Å². The van der Waals surface area contributed by atoms with Crippen molar-refractivity contribution in [1.82, 2.24) is 9.21 Å². The van der Waals surface area contributed by atoms with Gasteiger partial charge in [0.25, 0.3) is 0 Å². The van der Waals surface area contributed by atoms with Gasteiger partial charge < -0.3 is 15.4 Å². The number of benzene rings is 1. The van der Waals surface area contributed by atoms with Crippen molar-refractivity contribution in [3.05, 3.63) is 24.0 Å². The second-order valence-corrected chi connectivity index (χ2v) is 6.39. The van der Waals surface area contributed by atoms with Crippen LogP contribution in [0, 0.1) is 5.82 Å². The first kappa shape index (κ1) is 15.5. The zero-order valence-corrected chi connectivity index (χ0v) is 12.3. The Hall–Kier alpha value is -1.87. The highest BCUT2D eigenvalue weighted by Gasteiger charge is 2.33. The maximum absolute atomic E-state index is 13.8. The second kappa shape index (κ2) is 5.86. The molecule has 0 aliphatic carbocycles. The number of ether oxygens (including phenoxy) is 1. The first-order valence-electron chi connectivity index (χ1n) is 6.25. The summed E-state index contributed by atoms with van der Waals surface area (Å²) < 4.78 is 44.4. The number of hydrogen-bond donors (Lipinski definition) is 1. The number of nitrogens with two attached hydrogens (primary N) is 1. The molecule has 1 aromatic carbocycles. The van der Waals surface area contributed by atoms with Crippen LogP contribution in [0.15, 0.2) is 23.1 Å². The predicted octanol–water partition coefficient (Wildman–Crippen LogP) is 0.481. The number of piperazine rings is 1. The Balaban J connectivity index is 2.21. The first-order chi connectivity index (χ1) is 9.87. The third-order valence-electron chi connectivity index (χ3n) is 3.27. The maximum Gasteiger partial charge on any atom is 0.409 e. The quantitative estimate of drug-likeness (QED) is 0.801. The molecule has 1 fully saturated rings. The Morgan fingerprint density at radius 1 is 1.29 bits per heavy atom. The zero-order valence-electron chi connectivity index (χ0n) is 11.5. The van der Waals surface area contributed by atoms with E-state index in [4.69, 9.17) is 5.73 Å². The van der Waals surface area contributed by atoms with Crippen molar-refractivity contribution in [2.45, 2.75) is 4.90 Å². The highest BCUT2D eigenvalue weighted by Crippen LogP contribution is 2.26. The van der Waals surface area contributed by atoms with Gasteiger partial charge in [0.15, 0.2) is 0 Å². The molecular formula is C12H16FN3O4S. The summed E-state index contributed by atoms with van der Waals surface area (Å²) in [6.07, 6.45) is -0.516.